The summed E-state index contributed by atoms with van der Waals surface area (Å²) in [6, 6.07) is 19.7. The van der Waals surface area contributed by atoms with Gasteiger partial charge in [-0.15, -0.1) is 0 Å². The molecule has 0 spiro atoms. The summed E-state index contributed by atoms with van der Waals surface area (Å²) in [6.45, 7) is 7.47. The molecule has 2 aromatic carbocycles. The maximum absolute atomic E-state index is 11.0. The van der Waals surface area contributed by atoms with Crippen molar-refractivity contribution >= 4 is 0 Å². The molecular formula is C21H29NO3. The molecule has 4 heteroatoms. The Balaban J connectivity index is 2.23. The standard InChI is InChI=1S/C21H29NO3/c1-16(18-11-7-5-8-12-18)20(24)22(21(3,4)15-23)25-17(2)19-13-9-6-10-14-19/h5-14,16-17,20,23-24H,15H2,1-4H3. The smallest absolute Gasteiger partial charge is 0.137 e. The van der Waals surface area contributed by atoms with Crippen LogP contribution in [0.15, 0.2) is 60.7 Å². The first-order valence-corrected chi connectivity index (χ1v) is 8.71. The van der Waals surface area contributed by atoms with E-state index in [9.17, 15) is 10.2 Å². The third-order valence-corrected chi connectivity index (χ3v) is 4.54. The van der Waals surface area contributed by atoms with E-state index >= 15 is 0 Å². The summed E-state index contributed by atoms with van der Waals surface area (Å²) >= 11 is 0. The second kappa shape index (κ2) is 8.59. The molecule has 0 bridgehead atoms. The summed E-state index contributed by atoms with van der Waals surface area (Å²) in [4.78, 5) is 6.12. The van der Waals surface area contributed by atoms with Gasteiger partial charge in [-0.1, -0.05) is 67.6 Å². The topological polar surface area (TPSA) is 52.9 Å². The zero-order chi connectivity index (χ0) is 18.4. The van der Waals surface area contributed by atoms with Crippen LogP contribution >= 0.6 is 0 Å². The fourth-order valence-corrected chi connectivity index (χ4v) is 2.72. The Morgan fingerprint density at radius 3 is 1.88 bits per heavy atom. The van der Waals surface area contributed by atoms with Crippen molar-refractivity contribution in [3.63, 3.8) is 0 Å². The number of benzene rings is 2. The van der Waals surface area contributed by atoms with E-state index in [-0.39, 0.29) is 18.6 Å². The van der Waals surface area contributed by atoms with Crippen LogP contribution in [0, 0.1) is 0 Å². The van der Waals surface area contributed by atoms with Crippen molar-refractivity contribution in [1.29, 1.82) is 0 Å². The molecule has 0 radical (unpaired) electrons. The zero-order valence-corrected chi connectivity index (χ0v) is 15.5. The van der Waals surface area contributed by atoms with Crippen LogP contribution in [0.1, 0.15) is 50.8 Å². The largest absolute Gasteiger partial charge is 0.394 e. The van der Waals surface area contributed by atoms with Crippen molar-refractivity contribution in [2.24, 2.45) is 0 Å². The Morgan fingerprint density at radius 1 is 0.920 bits per heavy atom. The van der Waals surface area contributed by atoms with Crippen molar-refractivity contribution in [2.75, 3.05) is 6.61 Å². The van der Waals surface area contributed by atoms with Gasteiger partial charge in [0.15, 0.2) is 0 Å². The second-order valence-corrected chi connectivity index (χ2v) is 7.07. The molecule has 2 N–H and O–H groups in total. The van der Waals surface area contributed by atoms with Gasteiger partial charge in [0.25, 0.3) is 0 Å². The highest BCUT2D eigenvalue weighted by Gasteiger charge is 2.37. The van der Waals surface area contributed by atoms with Crippen LogP contribution in [-0.2, 0) is 4.84 Å². The first-order valence-electron chi connectivity index (χ1n) is 8.71. The van der Waals surface area contributed by atoms with Crippen LogP contribution in [0.4, 0.5) is 0 Å². The Kier molecular flexibility index (Phi) is 6.73. The highest BCUT2D eigenvalue weighted by Crippen LogP contribution is 2.30. The van der Waals surface area contributed by atoms with E-state index in [4.69, 9.17) is 4.84 Å². The number of nitrogens with zero attached hydrogens (tertiary/aromatic N) is 1. The predicted molar refractivity (Wildman–Crippen MR) is 99.8 cm³/mol. The number of hydroxylamine groups is 2. The minimum atomic E-state index is -0.893. The molecule has 0 aliphatic rings. The number of rotatable bonds is 8. The maximum atomic E-state index is 11.0. The van der Waals surface area contributed by atoms with Crippen molar-refractivity contribution in [1.82, 2.24) is 5.06 Å². The fraction of sp³-hybridized carbons (Fsp3) is 0.429. The van der Waals surface area contributed by atoms with Gasteiger partial charge in [-0.05, 0) is 31.9 Å². The lowest BCUT2D eigenvalue weighted by Crippen LogP contribution is -2.54. The van der Waals surface area contributed by atoms with Crippen LogP contribution in [-0.4, -0.2) is 33.6 Å². The molecule has 2 aromatic rings. The minimum Gasteiger partial charge on any atom is -0.394 e. The summed E-state index contributed by atoms with van der Waals surface area (Å²) in [6.07, 6.45) is -1.14. The Bertz CT molecular complexity index is 630. The van der Waals surface area contributed by atoms with Crippen molar-refractivity contribution in [2.45, 2.75) is 51.5 Å². The number of hydrogen-bond acceptors (Lipinski definition) is 4. The number of aliphatic hydroxyl groups is 2. The summed E-state index contributed by atoms with van der Waals surface area (Å²) in [5.41, 5.74) is 1.30. The average molecular weight is 343 g/mol. The molecule has 25 heavy (non-hydrogen) atoms. The average Bonchev–Trinajstić information content (AvgIpc) is 2.66. The second-order valence-electron chi connectivity index (χ2n) is 7.07. The molecule has 0 aromatic heterocycles. The lowest BCUT2D eigenvalue weighted by Gasteiger charge is -2.42. The van der Waals surface area contributed by atoms with Gasteiger partial charge in [-0.2, -0.15) is 5.06 Å². The van der Waals surface area contributed by atoms with E-state index < -0.39 is 11.8 Å². The molecule has 0 saturated carbocycles. The number of hydrogen-bond donors (Lipinski definition) is 2. The highest BCUT2D eigenvalue weighted by atomic mass is 16.7. The van der Waals surface area contributed by atoms with Crippen molar-refractivity contribution in [3.8, 4) is 0 Å². The molecule has 0 heterocycles. The Hall–Kier alpha value is -1.72. The fourth-order valence-electron chi connectivity index (χ4n) is 2.72. The molecule has 0 amide bonds. The van der Waals surface area contributed by atoms with Crippen LogP contribution < -0.4 is 0 Å². The Labute approximate surface area is 150 Å². The molecule has 3 atom stereocenters. The molecule has 2 rings (SSSR count). The van der Waals surface area contributed by atoms with Gasteiger partial charge in [-0.25, -0.2) is 0 Å². The molecule has 0 fully saturated rings. The van der Waals surface area contributed by atoms with E-state index in [1.165, 1.54) is 5.06 Å². The van der Waals surface area contributed by atoms with E-state index in [2.05, 4.69) is 0 Å². The monoisotopic (exact) mass is 343 g/mol. The molecular weight excluding hydrogens is 314 g/mol. The first kappa shape index (κ1) is 19.6. The summed E-state index contributed by atoms with van der Waals surface area (Å²) in [5, 5.41) is 22.3. The lowest BCUT2D eigenvalue weighted by atomic mass is 9.96. The number of aliphatic hydroxyl groups excluding tert-OH is 2. The van der Waals surface area contributed by atoms with Gasteiger partial charge >= 0.3 is 0 Å². The molecule has 0 aliphatic carbocycles. The summed E-state index contributed by atoms with van der Waals surface area (Å²) in [5.74, 6) is -0.171. The SMILES string of the molecule is CC(ON(C(O)C(C)c1ccccc1)C(C)(C)CO)c1ccccc1. The zero-order valence-electron chi connectivity index (χ0n) is 15.5. The normalized spacial score (nSPS) is 15.8. The van der Waals surface area contributed by atoms with Gasteiger partial charge in [0.2, 0.25) is 0 Å². The first-order chi connectivity index (χ1) is 11.9. The van der Waals surface area contributed by atoms with Crippen LogP contribution in [0.5, 0.6) is 0 Å². The van der Waals surface area contributed by atoms with Crippen molar-refractivity contribution < 1.29 is 15.1 Å². The molecule has 4 nitrogen and oxygen atoms in total. The molecule has 3 unspecified atom stereocenters. The van der Waals surface area contributed by atoms with Crippen molar-refractivity contribution in [3.05, 3.63) is 71.8 Å². The molecule has 0 aliphatic heterocycles. The van der Waals surface area contributed by atoms with Gasteiger partial charge < -0.3 is 10.2 Å². The van der Waals surface area contributed by atoms with Crippen LogP contribution in [0.3, 0.4) is 0 Å². The minimum absolute atomic E-state index is 0.132. The van der Waals surface area contributed by atoms with Gasteiger partial charge in [0.05, 0.1) is 12.1 Å². The van der Waals surface area contributed by atoms with E-state index in [1.54, 1.807) is 0 Å². The predicted octanol–water partition coefficient (Wildman–Crippen LogP) is 3.87. The quantitative estimate of drug-likeness (QED) is 0.564. The maximum Gasteiger partial charge on any atom is 0.137 e. The Morgan fingerprint density at radius 2 is 1.40 bits per heavy atom. The van der Waals surface area contributed by atoms with Gasteiger partial charge in [0.1, 0.15) is 12.3 Å². The van der Waals surface area contributed by atoms with E-state index in [0.29, 0.717) is 0 Å². The summed E-state index contributed by atoms with van der Waals surface area (Å²) in [7, 11) is 0. The van der Waals surface area contributed by atoms with E-state index in [1.807, 2.05) is 88.4 Å². The van der Waals surface area contributed by atoms with Gasteiger partial charge in [-0.3, -0.25) is 4.84 Å². The van der Waals surface area contributed by atoms with E-state index in [0.717, 1.165) is 11.1 Å². The highest BCUT2D eigenvalue weighted by molar-refractivity contribution is 5.20. The third kappa shape index (κ3) is 4.89. The molecule has 0 saturated heterocycles. The molecule has 136 valence electrons. The third-order valence-electron chi connectivity index (χ3n) is 4.54. The summed E-state index contributed by atoms with van der Waals surface area (Å²) < 4.78 is 0. The lowest BCUT2D eigenvalue weighted by molar-refractivity contribution is -0.315. The van der Waals surface area contributed by atoms with Crippen LogP contribution in [0.2, 0.25) is 0 Å². The van der Waals surface area contributed by atoms with Gasteiger partial charge in [0, 0.05) is 5.92 Å². The van der Waals surface area contributed by atoms with Crippen LogP contribution in [0.25, 0.3) is 0 Å².